The summed E-state index contributed by atoms with van der Waals surface area (Å²) in [4.78, 5) is 12.3. The first kappa shape index (κ1) is 11.5. The van der Waals surface area contributed by atoms with Gasteiger partial charge in [0.15, 0.2) is 0 Å². The van der Waals surface area contributed by atoms with Crippen LogP contribution in [0.3, 0.4) is 0 Å². The van der Waals surface area contributed by atoms with E-state index >= 15 is 0 Å². The second-order valence-electron chi connectivity index (χ2n) is 4.95. The number of carbonyl (C=O) groups excluding carboxylic acids is 1. The van der Waals surface area contributed by atoms with Crippen molar-refractivity contribution in [3.8, 4) is 5.75 Å². The van der Waals surface area contributed by atoms with Crippen molar-refractivity contribution in [3.63, 3.8) is 0 Å². The molecule has 0 spiro atoms. The third kappa shape index (κ3) is 2.20. The Morgan fingerprint density at radius 2 is 2.28 bits per heavy atom. The number of hydrogen-bond acceptors (Lipinski definition) is 3. The second kappa shape index (κ2) is 4.98. The van der Waals surface area contributed by atoms with Crippen molar-refractivity contribution >= 4 is 5.91 Å². The van der Waals surface area contributed by atoms with Gasteiger partial charge in [0.2, 0.25) is 5.91 Å². The minimum absolute atomic E-state index is 0.0913. The van der Waals surface area contributed by atoms with Crippen molar-refractivity contribution in [2.24, 2.45) is 0 Å². The van der Waals surface area contributed by atoms with Crippen molar-refractivity contribution in [2.75, 3.05) is 19.7 Å². The molecule has 1 aromatic rings. The molecule has 2 aliphatic heterocycles. The first-order valence-corrected chi connectivity index (χ1v) is 6.57. The minimum atomic E-state index is -0.150. The molecule has 4 nitrogen and oxygen atoms in total. The smallest absolute Gasteiger partial charge is 0.231 e. The van der Waals surface area contributed by atoms with Gasteiger partial charge in [0.05, 0.1) is 0 Å². The highest BCUT2D eigenvalue weighted by atomic mass is 16.5. The van der Waals surface area contributed by atoms with Crippen molar-refractivity contribution in [1.82, 2.24) is 10.6 Å². The van der Waals surface area contributed by atoms with Crippen molar-refractivity contribution in [1.29, 1.82) is 0 Å². The molecule has 1 aromatic carbocycles. The second-order valence-corrected chi connectivity index (χ2v) is 4.95. The number of ether oxygens (including phenoxy) is 1. The van der Waals surface area contributed by atoms with Crippen LogP contribution in [0.25, 0.3) is 0 Å². The molecule has 4 heteroatoms. The molecule has 0 aromatic heterocycles. The summed E-state index contributed by atoms with van der Waals surface area (Å²) in [5, 5.41) is 6.42. The number of rotatable bonds is 2. The Bertz CT molecular complexity index is 441. The van der Waals surface area contributed by atoms with E-state index in [4.69, 9.17) is 4.74 Å². The summed E-state index contributed by atoms with van der Waals surface area (Å²) < 4.78 is 5.54. The van der Waals surface area contributed by atoms with Crippen LogP contribution in [0, 0.1) is 0 Å². The van der Waals surface area contributed by atoms with E-state index in [-0.39, 0.29) is 17.9 Å². The third-order valence-electron chi connectivity index (χ3n) is 3.66. The van der Waals surface area contributed by atoms with Gasteiger partial charge in [0, 0.05) is 18.2 Å². The number of benzene rings is 1. The molecule has 96 valence electrons. The van der Waals surface area contributed by atoms with Crippen LogP contribution >= 0.6 is 0 Å². The zero-order valence-corrected chi connectivity index (χ0v) is 10.3. The molecule has 1 amide bonds. The van der Waals surface area contributed by atoms with E-state index in [1.54, 1.807) is 0 Å². The first-order chi connectivity index (χ1) is 8.84. The largest absolute Gasteiger partial charge is 0.492 e. The predicted octanol–water partition coefficient (Wildman–Crippen LogP) is 1.03. The predicted molar refractivity (Wildman–Crippen MR) is 68.7 cm³/mol. The highest BCUT2D eigenvalue weighted by Crippen LogP contribution is 2.33. The zero-order valence-electron chi connectivity index (χ0n) is 10.3. The molecule has 1 unspecified atom stereocenters. The summed E-state index contributed by atoms with van der Waals surface area (Å²) in [5.74, 6) is 0.788. The third-order valence-corrected chi connectivity index (χ3v) is 3.66. The fourth-order valence-corrected chi connectivity index (χ4v) is 2.66. The van der Waals surface area contributed by atoms with Crippen molar-refractivity contribution in [2.45, 2.75) is 24.8 Å². The Hall–Kier alpha value is -1.55. The monoisotopic (exact) mass is 246 g/mol. The maximum atomic E-state index is 12.3. The molecule has 0 radical (unpaired) electrons. The first-order valence-electron chi connectivity index (χ1n) is 6.57. The van der Waals surface area contributed by atoms with Crippen LogP contribution in [0.5, 0.6) is 5.75 Å². The minimum Gasteiger partial charge on any atom is -0.492 e. The highest BCUT2D eigenvalue weighted by Gasteiger charge is 2.31. The van der Waals surface area contributed by atoms with E-state index in [0.29, 0.717) is 6.61 Å². The van der Waals surface area contributed by atoms with E-state index in [1.165, 1.54) is 0 Å². The van der Waals surface area contributed by atoms with E-state index in [2.05, 4.69) is 10.6 Å². The highest BCUT2D eigenvalue weighted by molar-refractivity contribution is 5.85. The van der Waals surface area contributed by atoms with E-state index in [0.717, 1.165) is 37.2 Å². The molecule has 2 heterocycles. The zero-order chi connectivity index (χ0) is 12.4. The summed E-state index contributed by atoms with van der Waals surface area (Å²) >= 11 is 0. The Balaban J connectivity index is 1.67. The van der Waals surface area contributed by atoms with Crippen molar-refractivity contribution in [3.05, 3.63) is 29.8 Å². The molecule has 1 saturated heterocycles. The van der Waals surface area contributed by atoms with Gasteiger partial charge in [-0.3, -0.25) is 4.79 Å². The Morgan fingerprint density at radius 3 is 3.11 bits per heavy atom. The standard InChI is InChI=1S/C14H18N2O2/c17-14(16-10-4-3-7-15-8-10)12-9-18-13-6-2-1-5-11(12)13/h1-2,5-6,10,12,15H,3-4,7-9H2,(H,16,17)/t10-,12?/m0/s1. The summed E-state index contributed by atoms with van der Waals surface area (Å²) in [5.41, 5.74) is 1.01. The van der Waals surface area contributed by atoms with Gasteiger partial charge in [0.1, 0.15) is 18.3 Å². The Morgan fingerprint density at radius 1 is 1.39 bits per heavy atom. The van der Waals surface area contributed by atoms with Gasteiger partial charge in [0.25, 0.3) is 0 Å². The van der Waals surface area contributed by atoms with Gasteiger partial charge in [-0.2, -0.15) is 0 Å². The van der Waals surface area contributed by atoms with Crippen LogP contribution in [0.2, 0.25) is 0 Å². The summed E-state index contributed by atoms with van der Waals surface area (Å²) in [6.07, 6.45) is 2.19. The molecule has 1 fully saturated rings. The van der Waals surface area contributed by atoms with Crippen LogP contribution < -0.4 is 15.4 Å². The number of piperidine rings is 1. The molecule has 2 N–H and O–H groups in total. The number of para-hydroxylation sites is 1. The molecule has 2 aliphatic rings. The van der Waals surface area contributed by atoms with E-state index in [9.17, 15) is 4.79 Å². The molecule has 0 bridgehead atoms. The van der Waals surface area contributed by atoms with E-state index in [1.807, 2.05) is 24.3 Å². The van der Waals surface area contributed by atoms with Crippen LogP contribution in [0.4, 0.5) is 0 Å². The summed E-state index contributed by atoms with van der Waals surface area (Å²) in [6.45, 7) is 2.40. The van der Waals surface area contributed by atoms with Crippen LogP contribution in [0.15, 0.2) is 24.3 Å². The van der Waals surface area contributed by atoms with Gasteiger partial charge in [-0.25, -0.2) is 0 Å². The fraction of sp³-hybridized carbons (Fsp3) is 0.500. The maximum absolute atomic E-state index is 12.3. The van der Waals surface area contributed by atoms with Gasteiger partial charge in [-0.05, 0) is 25.5 Å². The van der Waals surface area contributed by atoms with Crippen molar-refractivity contribution < 1.29 is 9.53 Å². The lowest BCUT2D eigenvalue weighted by Crippen LogP contribution is -2.47. The van der Waals surface area contributed by atoms with Gasteiger partial charge >= 0.3 is 0 Å². The topological polar surface area (TPSA) is 50.4 Å². The van der Waals surface area contributed by atoms with E-state index < -0.39 is 0 Å². The molecular formula is C14H18N2O2. The molecule has 0 aliphatic carbocycles. The van der Waals surface area contributed by atoms with Gasteiger partial charge in [-0.15, -0.1) is 0 Å². The van der Waals surface area contributed by atoms with Crippen LogP contribution in [0.1, 0.15) is 24.3 Å². The molecule has 3 rings (SSSR count). The SMILES string of the molecule is O=C(N[C@H]1CCCNC1)C1COc2ccccc21. The lowest BCUT2D eigenvalue weighted by atomic mass is 9.99. The summed E-state index contributed by atoms with van der Waals surface area (Å²) in [7, 11) is 0. The lowest BCUT2D eigenvalue weighted by Gasteiger charge is -2.25. The van der Waals surface area contributed by atoms with Crippen LogP contribution in [-0.4, -0.2) is 31.6 Å². The molecule has 2 atom stereocenters. The quantitative estimate of drug-likeness (QED) is 0.819. The number of fused-ring (bicyclic) bond motifs is 1. The van der Waals surface area contributed by atoms with Gasteiger partial charge < -0.3 is 15.4 Å². The normalized spacial score (nSPS) is 26.2. The lowest BCUT2D eigenvalue weighted by molar-refractivity contribution is -0.123. The Kier molecular flexibility index (Phi) is 3.19. The average molecular weight is 246 g/mol. The fourth-order valence-electron chi connectivity index (χ4n) is 2.66. The van der Waals surface area contributed by atoms with Crippen LogP contribution in [-0.2, 0) is 4.79 Å². The maximum Gasteiger partial charge on any atom is 0.231 e. The van der Waals surface area contributed by atoms with Gasteiger partial charge in [-0.1, -0.05) is 18.2 Å². The number of amides is 1. The molecule has 0 saturated carbocycles. The summed E-state index contributed by atoms with van der Waals surface area (Å²) in [6, 6.07) is 8.05. The number of hydrogen-bond donors (Lipinski definition) is 2. The number of carbonyl (C=O) groups is 1. The number of nitrogens with one attached hydrogen (secondary N) is 2. The molecular weight excluding hydrogens is 228 g/mol. The average Bonchev–Trinajstić information content (AvgIpc) is 2.84. The Labute approximate surface area is 107 Å². The molecule has 18 heavy (non-hydrogen) atoms.